The number of rotatable bonds is 45. The lowest BCUT2D eigenvalue weighted by Crippen LogP contribution is -2.61. The summed E-state index contributed by atoms with van der Waals surface area (Å²) >= 11 is 3.84. The molecule has 4 aromatic carbocycles. The van der Waals surface area contributed by atoms with Gasteiger partial charge in [0.2, 0.25) is 29.5 Å². The van der Waals surface area contributed by atoms with Gasteiger partial charge in [0.05, 0.1) is 82.3 Å². The largest absolute Gasteiger partial charge is 0.592 e. The summed E-state index contributed by atoms with van der Waals surface area (Å²) in [7, 11) is -4.98. The van der Waals surface area contributed by atoms with Crippen LogP contribution in [0.25, 0.3) is 10.8 Å². The summed E-state index contributed by atoms with van der Waals surface area (Å²) in [5.41, 5.74) is 22.3. The third-order valence-electron chi connectivity index (χ3n) is 21.3. The van der Waals surface area contributed by atoms with Gasteiger partial charge in [0, 0.05) is 138 Å². The number of unbranched alkanes of at least 4 members (excludes halogenated alkanes) is 6. The van der Waals surface area contributed by atoms with Crippen molar-refractivity contribution in [3.8, 4) is 5.75 Å². The highest BCUT2D eigenvalue weighted by Crippen LogP contribution is 2.45. The average molecular weight is 1650 g/mol. The van der Waals surface area contributed by atoms with Gasteiger partial charge in [-0.1, -0.05) is 104 Å². The van der Waals surface area contributed by atoms with Gasteiger partial charge < -0.3 is 88.3 Å². The molecule has 6 amide bonds. The number of aliphatic imine (C=N–C) groups is 7. The molecular formula is C80H107N21O12S2Si. The first-order valence-electron chi connectivity index (χ1n) is 40.6. The van der Waals surface area contributed by atoms with Gasteiger partial charge in [0.15, 0.2) is 29.4 Å². The average Bonchev–Trinajstić information content (AvgIpc) is 1.55. The normalized spacial score (nSPS) is 20.5. The van der Waals surface area contributed by atoms with E-state index in [4.69, 9.17) is 56.1 Å². The van der Waals surface area contributed by atoms with Gasteiger partial charge in [-0.25, -0.2) is 39.7 Å². The second kappa shape index (κ2) is 41.2. The van der Waals surface area contributed by atoms with Gasteiger partial charge in [-0.15, -0.1) is 0 Å². The zero-order chi connectivity index (χ0) is 80.8. The molecule has 0 spiro atoms. The number of benzene rings is 4. The molecule has 0 saturated carbocycles. The molecule has 1 unspecified atom stereocenters. The standard InChI is InChI=1S/C80H107N21O12S2Si/c81-71-52-21-3-4-22-53(52)72(94-71)96-75-56-25-7-8-26-57(56)76-97-73-54-23-5-6-24-55(54)74(95-73)98-77-68-51(46-100(77)116(108,109)101(75)76)20-18-27-60(68)112-40-19-41-113-80(107)89-37-13-1-2-30-65(104)88-38-42-110-44-45-111-43-39-99(47-66(105)86-35-16-14-33-84-63(102)31-11-9-28-61-69-58(49-114-61)90-78(82)92-69)48-67(106)87-36-17-15-34-85-64(103)32-12-10-29-62-70-59(50-115-62)91-79(83)93-70/h3-8,18,20-27,46,58-59,61-62,69-70,75,108-109H,1-2,9-17,19,28-45,47-50H2,(H,84,102)(H,85,103)(H,86,105)(H,87,106)(H,88,104)(H,89,107)(H2,81,94,96)(H3,82,90,92)(H3,83,91,93)/t58-,59-,61-,62-,69-,70-,75?/m0/s1. The lowest BCUT2D eigenvalue weighted by Gasteiger charge is -2.34. The predicted molar refractivity (Wildman–Crippen MR) is 452 cm³/mol. The van der Waals surface area contributed by atoms with Gasteiger partial charge in [0.1, 0.15) is 29.4 Å². The zero-order valence-corrected chi connectivity index (χ0v) is 68.0. The summed E-state index contributed by atoms with van der Waals surface area (Å²) in [6, 6.07) is 29.1. The number of thioether (sulfide) groups is 2. The summed E-state index contributed by atoms with van der Waals surface area (Å²) in [6.07, 6.45) is 11.9. The van der Waals surface area contributed by atoms with Crippen LogP contribution in [0.5, 0.6) is 5.75 Å². The molecule has 2 fully saturated rings. The fourth-order valence-electron chi connectivity index (χ4n) is 15.4. The van der Waals surface area contributed by atoms with E-state index < -0.39 is 21.1 Å². The Labute approximate surface area is 684 Å². The maximum Gasteiger partial charge on any atom is 0.592 e. The number of hydrogen-bond donors (Lipinski definition) is 13. The molecule has 8 aliphatic rings. The Balaban J connectivity index is 0.484. The maximum absolute atomic E-state index is 13.2. The molecule has 36 heteroatoms. The first-order chi connectivity index (χ1) is 56.5. The highest BCUT2D eigenvalue weighted by atomic mass is 32.2. The molecule has 0 aliphatic carbocycles. The van der Waals surface area contributed by atoms with Crippen LogP contribution in [0.2, 0.25) is 0 Å². The Morgan fingerprint density at radius 1 is 0.534 bits per heavy atom. The van der Waals surface area contributed by atoms with Crippen LogP contribution in [0.1, 0.15) is 149 Å². The minimum absolute atomic E-state index is 0.0214. The van der Waals surface area contributed by atoms with Crippen LogP contribution < -0.4 is 64.5 Å². The third-order valence-corrected chi connectivity index (χ3v) is 26.4. The highest BCUT2D eigenvalue weighted by molar-refractivity contribution is 8.00. The first kappa shape index (κ1) is 84.0. The van der Waals surface area contributed by atoms with Crippen LogP contribution in [0.15, 0.2) is 132 Å². The summed E-state index contributed by atoms with van der Waals surface area (Å²) in [5, 5.41) is 26.0. The molecule has 2 saturated heterocycles. The lowest BCUT2D eigenvalue weighted by molar-refractivity contribution is -0.126. The number of guanidine groups is 2. The van der Waals surface area contributed by atoms with Gasteiger partial charge in [0.25, 0.3) is 0 Å². The fraction of sp³-hybridized carbons (Fsp3) is 0.512. The van der Waals surface area contributed by atoms with Crippen LogP contribution in [0, 0.1) is 0 Å². The van der Waals surface area contributed by atoms with E-state index in [-0.39, 0.29) is 106 Å². The summed E-state index contributed by atoms with van der Waals surface area (Å²) in [4.78, 5) is 139. The second-order valence-corrected chi connectivity index (χ2v) is 34.5. The Hall–Kier alpha value is -9.95. The number of ether oxygens (including phenoxy) is 4. The molecule has 13 rings (SSSR count). The van der Waals surface area contributed by atoms with Gasteiger partial charge in [-0.3, -0.25) is 37.7 Å². The Morgan fingerprint density at radius 2 is 1.07 bits per heavy atom. The van der Waals surface area contributed by atoms with Crippen molar-refractivity contribution in [2.45, 2.75) is 150 Å². The number of amides is 6. The molecule has 8 aliphatic heterocycles. The van der Waals surface area contributed by atoms with Crippen molar-refractivity contribution in [1.82, 2.24) is 56.2 Å². The maximum atomic E-state index is 13.2. The van der Waals surface area contributed by atoms with Crippen LogP contribution >= 0.6 is 23.5 Å². The SMILES string of the molecule is NC1=N[C@H]2[C@H](CS[C@H]2CCCCC(=O)NCCCCNC(=O)CN(CCOCCOCCNC(=O)CCCCCNC(=O)OCCCOc2cccc3cn4c(c23)N=C2N=C(N=C3c5ccccc5C(N=C5N=C(N)c6ccccc65)N3[Si]4(O)O)c3ccccc32)CC(=O)NCCCCNC(=O)CCCC[C@@H]2SC[C@@H]3NC(N)=N[C@@H]32)N1. The quantitative estimate of drug-likeness (QED) is 0.0194. The van der Waals surface area contributed by atoms with E-state index in [1.54, 1.807) is 17.2 Å². The van der Waals surface area contributed by atoms with Crippen molar-refractivity contribution in [1.29, 1.82) is 0 Å². The third kappa shape index (κ3) is 22.0. The topological polar surface area (TPSA) is 452 Å². The Morgan fingerprint density at radius 3 is 1.70 bits per heavy atom. The van der Waals surface area contributed by atoms with Crippen molar-refractivity contribution < 1.29 is 57.3 Å². The number of amidine groups is 5. The van der Waals surface area contributed by atoms with Crippen molar-refractivity contribution in [2.24, 2.45) is 52.1 Å². The van der Waals surface area contributed by atoms with E-state index in [0.717, 1.165) is 61.2 Å². The van der Waals surface area contributed by atoms with E-state index in [2.05, 4.69) is 57.5 Å². The number of alkyl carbamates (subject to hydrolysis) is 1. The van der Waals surface area contributed by atoms with E-state index in [0.29, 0.717) is 213 Å². The number of carbonyl (C=O) groups is 6. The Bertz CT molecular complexity index is 4470. The van der Waals surface area contributed by atoms with Crippen LogP contribution in [0.3, 0.4) is 0 Å². The minimum atomic E-state index is -4.98. The number of aromatic nitrogens is 1. The predicted octanol–water partition coefficient (Wildman–Crippen LogP) is 3.88. The van der Waals surface area contributed by atoms with Crippen LogP contribution in [0.4, 0.5) is 10.6 Å². The molecule has 16 N–H and O–H groups in total. The number of carbonyl (C=O) groups excluding carboxylic acids is 6. The molecule has 7 atom stereocenters. The summed E-state index contributed by atoms with van der Waals surface area (Å²) in [5.74, 6) is 4.72. The highest BCUT2D eigenvalue weighted by Gasteiger charge is 2.55. The number of nitrogens with one attached hydrogen (secondary N) is 8. The Kier molecular flexibility index (Phi) is 29.9. The number of fused-ring (bicyclic) bond motifs is 13. The minimum Gasteiger partial charge on any atom is -0.493 e. The van der Waals surface area contributed by atoms with Crippen molar-refractivity contribution >= 4 is 126 Å². The molecule has 5 aromatic rings. The molecule has 116 heavy (non-hydrogen) atoms. The molecule has 9 heterocycles. The number of hydrogen-bond acceptors (Lipinski definition) is 27. The molecule has 33 nitrogen and oxygen atoms in total. The second-order valence-electron chi connectivity index (χ2n) is 29.7. The molecule has 620 valence electrons. The summed E-state index contributed by atoms with van der Waals surface area (Å²) < 4.78 is 26.3. The monoisotopic (exact) mass is 1650 g/mol. The van der Waals surface area contributed by atoms with Crippen molar-refractivity contribution in [3.63, 3.8) is 0 Å². The molecular weight excluding hydrogens is 1540 g/mol. The fourth-order valence-corrected chi connectivity index (χ4v) is 20.4. The van der Waals surface area contributed by atoms with E-state index in [9.17, 15) is 38.4 Å². The number of nitrogens with two attached hydrogens (primary N) is 3. The molecule has 2 bridgehead atoms. The van der Waals surface area contributed by atoms with Gasteiger partial charge >= 0.3 is 15.0 Å². The smallest absolute Gasteiger partial charge is 0.493 e. The summed E-state index contributed by atoms with van der Waals surface area (Å²) in [6.45, 7) is 4.04. The van der Waals surface area contributed by atoms with Crippen molar-refractivity contribution in [2.75, 3.05) is 110 Å². The van der Waals surface area contributed by atoms with Crippen LogP contribution in [-0.4, -0.2) is 254 Å². The molecule has 0 radical (unpaired) electrons. The van der Waals surface area contributed by atoms with E-state index in [1.807, 2.05) is 108 Å². The van der Waals surface area contributed by atoms with E-state index in [1.165, 1.54) is 8.80 Å². The molecule has 1 aromatic heterocycles. The van der Waals surface area contributed by atoms with Crippen molar-refractivity contribution in [3.05, 3.63) is 131 Å². The van der Waals surface area contributed by atoms with Gasteiger partial charge in [-0.2, -0.15) is 23.5 Å². The zero-order valence-electron chi connectivity index (χ0n) is 65.3. The van der Waals surface area contributed by atoms with Crippen LogP contribution in [-0.2, 0) is 38.2 Å². The van der Waals surface area contributed by atoms with E-state index >= 15 is 0 Å². The van der Waals surface area contributed by atoms with Gasteiger partial charge in [-0.05, 0) is 70.3 Å². The number of nitrogens with zero attached hydrogens (tertiary/aromatic N) is 10. The lowest BCUT2D eigenvalue weighted by atomic mass is 10.0. The first-order valence-corrected chi connectivity index (χ1v) is 44.4.